The summed E-state index contributed by atoms with van der Waals surface area (Å²) in [6, 6.07) is 13.7. The molecule has 0 radical (unpaired) electrons. The first kappa shape index (κ1) is 23.3. The van der Waals surface area contributed by atoms with Crippen LogP contribution in [0.25, 0.3) is 0 Å². The Morgan fingerprint density at radius 3 is 2.60 bits per heavy atom. The van der Waals surface area contributed by atoms with Crippen molar-refractivity contribution in [3.8, 4) is 0 Å². The zero-order chi connectivity index (χ0) is 24.5. The molecule has 0 N–H and O–H groups in total. The molecule has 1 saturated heterocycles. The number of benzene rings is 2. The zero-order valence-corrected chi connectivity index (χ0v) is 20.5. The summed E-state index contributed by atoms with van der Waals surface area (Å²) in [4.78, 5) is 50.8. The number of hydrogen-bond donors (Lipinski definition) is 0. The number of aliphatic imine (C=N–C) groups is 1. The van der Waals surface area contributed by atoms with Crippen LogP contribution < -0.4 is 0 Å². The second-order valence-corrected chi connectivity index (χ2v) is 9.77. The van der Waals surface area contributed by atoms with Crippen LogP contribution >= 0.6 is 23.4 Å². The molecule has 1 fully saturated rings. The molecule has 5 rings (SSSR count). The predicted octanol–water partition coefficient (Wildman–Crippen LogP) is 5.11. The maximum atomic E-state index is 13.5. The number of carbonyl (C=O) groups is 3. The second kappa shape index (κ2) is 9.64. The van der Waals surface area contributed by atoms with E-state index in [1.54, 1.807) is 47.6 Å². The summed E-state index contributed by atoms with van der Waals surface area (Å²) in [5, 5.41) is 1.20. The van der Waals surface area contributed by atoms with Crippen molar-refractivity contribution in [1.29, 1.82) is 0 Å². The third-order valence-electron chi connectivity index (χ3n) is 5.92. The number of hydrogen-bond acceptors (Lipinski definition) is 6. The highest BCUT2D eigenvalue weighted by Gasteiger charge is 2.36. The molecule has 0 atom stereocenters. The maximum Gasteiger partial charge on any atom is 0.261 e. The van der Waals surface area contributed by atoms with Gasteiger partial charge in [0.1, 0.15) is 0 Å². The van der Waals surface area contributed by atoms with Crippen molar-refractivity contribution in [3.05, 3.63) is 93.8 Å². The van der Waals surface area contributed by atoms with E-state index < -0.39 is 5.91 Å². The van der Waals surface area contributed by atoms with Gasteiger partial charge in [0.15, 0.2) is 5.17 Å². The lowest BCUT2D eigenvalue weighted by Crippen LogP contribution is -2.39. The van der Waals surface area contributed by atoms with Crippen LogP contribution in [0.4, 0.5) is 5.69 Å². The molecule has 3 amide bonds. The van der Waals surface area contributed by atoms with Crippen molar-refractivity contribution in [2.75, 3.05) is 12.3 Å². The number of aryl methyl sites for hydroxylation is 1. The highest BCUT2D eigenvalue weighted by Crippen LogP contribution is 2.29. The molecular weight excluding hydrogens is 484 g/mol. The molecule has 9 heteroatoms. The number of thioether (sulfide) groups is 1. The van der Waals surface area contributed by atoms with Crippen molar-refractivity contribution < 1.29 is 14.4 Å². The summed E-state index contributed by atoms with van der Waals surface area (Å²) in [7, 11) is 0. The molecule has 2 aromatic carbocycles. The summed E-state index contributed by atoms with van der Waals surface area (Å²) >= 11 is 7.75. The molecule has 0 unspecified atom stereocenters. The number of carbonyl (C=O) groups excluding carboxylic acids is 3. The molecule has 7 nitrogen and oxygen atoms in total. The smallest absolute Gasteiger partial charge is 0.261 e. The van der Waals surface area contributed by atoms with Gasteiger partial charge in [-0.25, -0.2) is 4.99 Å². The van der Waals surface area contributed by atoms with Gasteiger partial charge in [-0.3, -0.25) is 29.2 Å². The van der Waals surface area contributed by atoms with Gasteiger partial charge in [0.2, 0.25) is 0 Å². The summed E-state index contributed by atoms with van der Waals surface area (Å²) in [5.41, 5.74) is 3.31. The van der Waals surface area contributed by atoms with Crippen LogP contribution in [0.5, 0.6) is 0 Å². The first-order valence-corrected chi connectivity index (χ1v) is 12.5. The van der Waals surface area contributed by atoms with E-state index in [2.05, 4.69) is 9.98 Å². The van der Waals surface area contributed by atoms with Crippen LogP contribution in [0, 0.1) is 6.92 Å². The third-order valence-corrected chi connectivity index (χ3v) is 7.39. The fourth-order valence-corrected chi connectivity index (χ4v) is 5.13. The number of rotatable bonds is 4. The van der Waals surface area contributed by atoms with Crippen LogP contribution in [-0.2, 0) is 6.54 Å². The third kappa shape index (κ3) is 4.59. The number of amides is 3. The van der Waals surface area contributed by atoms with Gasteiger partial charge < -0.3 is 0 Å². The molecule has 0 aliphatic carbocycles. The molecule has 3 aromatic rings. The van der Waals surface area contributed by atoms with Crippen molar-refractivity contribution in [1.82, 2.24) is 14.8 Å². The molecule has 2 aliphatic rings. The largest absolute Gasteiger partial charge is 0.287 e. The average molecular weight is 505 g/mol. The van der Waals surface area contributed by atoms with Crippen molar-refractivity contribution >= 4 is 51.9 Å². The molecule has 35 heavy (non-hydrogen) atoms. The second-order valence-electron chi connectivity index (χ2n) is 8.30. The van der Waals surface area contributed by atoms with E-state index in [1.807, 2.05) is 19.1 Å². The average Bonchev–Trinajstić information content (AvgIpc) is 3.11. The number of imide groups is 1. The Hall–Kier alpha value is -3.49. The van der Waals surface area contributed by atoms with E-state index in [0.717, 1.165) is 23.3 Å². The Labute approximate surface area is 211 Å². The highest BCUT2D eigenvalue weighted by molar-refractivity contribution is 8.13. The highest BCUT2D eigenvalue weighted by atomic mass is 35.5. The normalized spacial score (nSPS) is 16.7. The molecule has 0 spiro atoms. The first-order valence-electron chi connectivity index (χ1n) is 11.1. The van der Waals surface area contributed by atoms with E-state index in [4.69, 9.17) is 11.6 Å². The lowest BCUT2D eigenvalue weighted by molar-refractivity contribution is 0.0642. The summed E-state index contributed by atoms with van der Waals surface area (Å²) < 4.78 is 0. The number of nitrogens with zero attached hydrogens (tertiary/aromatic N) is 4. The van der Waals surface area contributed by atoms with Gasteiger partial charge in [0, 0.05) is 35.3 Å². The number of amidine groups is 1. The number of pyridine rings is 1. The van der Waals surface area contributed by atoms with Gasteiger partial charge in [0.05, 0.1) is 23.4 Å². The predicted molar refractivity (Wildman–Crippen MR) is 136 cm³/mol. The molecule has 2 aliphatic heterocycles. The minimum atomic E-state index is -0.410. The minimum Gasteiger partial charge on any atom is -0.287 e. The monoisotopic (exact) mass is 504 g/mol. The maximum absolute atomic E-state index is 13.5. The number of fused-ring (bicyclic) bond motifs is 1. The lowest BCUT2D eigenvalue weighted by Gasteiger charge is -2.28. The van der Waals surface area contributed by atoms with Crippen molar-refractivity contribution in [2.45, 2.75) is 19.9 Å². The Morgan fingerprint density at radius 1 is 1.06 bits per heavy atom. The quantitative estimate of drug-likeness (QED) is 0.461. The fourth-order valence-electron chi connectivity index (χ4n) is 4.00. The van der Waals surface area contributed by atoms with E-state index >= 15 is 0 Å². The van der Waals surface area contributed by atoms with Crippen molar-refractivity contribution in [2.24, 2.45) is 4.99 Å². The SMILES string of the molecule is Cc1ccc(N=C2SCCCN2C(=O)c2ccc3c(c2)C(=O)N(Cc2ccncc2)C3=O)cc1Cl. The topological polar surface area (TPSA) is 82.9 Å². The van der Waals surface area contributed by atoms with E-state index in [9.17, 15) is 14.4 Å². The summed E-state index contributed by atoms with van der Waals surface area (Å²) in [6.07, 6.45) is 4.06. The summed E-state index contributed by atoms with van der Waals surface area (Å²) in [5.74, 6) is -0.186. The van der Waals surface area contributed by atoms with Gasteiger partial charge >= 0.3 is 0 Å². The minimum absolute atomic E-state index is 0.150. The van der Waals surface area contributed by atoms with Gasteiger partial charge in [0.25, 0.3) is 17.7 Å². The molecule has 1 aromatic heterocycles. The Kier molecular flexibility index (Phi) is 6.40. The molecular formula is C26H21ClN4O3S. The van der Waals surface area contributed by atoms with Crippen LogP contribution in [0.2, 0.25) is 5.02 Å². The molecule has 176 valence electrons. The van der Waals surface area contributed by atoms with Crippen LogP contribution in [-0.4, -0.2) is 50.0 Å². The van der Waals surface area contributed by atoms with E-state index in [0.29, 0.717) is 33.5 Å². The van der Waals surface area contributed by atoms with Gasteiger partial charge in [-0.2, -0.15) is 0 Å². The molecule has 0 saturated carbocycles. The van der Waals surface area contributed by atoms with Crippen LogP contribution in [0.3, 0.4) is 0 Å². The van der Waals surface area contributed by atoms with E-state index in [1.165, 1.54) is 22.7 Å². The first-order chi connectivity index (χ1) is 16.9. The Balaban J connectivity index is 1.41. The van der Waals surface area contributed by atoms with Gasteiger partial charge in [-0.05, 0) is 66.9 Å². The van der Waals surface area contributed by atoms with Gasteiger partial charge in [-0.1, -0.05) is 29.4 Å². The Morgan fingerprint density at radius 2 is 1.83 bits per heavy atom. The molecule has 0 bridgehead atoms. The standard InChI is InChI=1S/C26H21ClN4O3S/c1-16-3-5-19(14-22(16)27)29-26-30(11-2-12-35-26)23(32)18-4-6-20-21(13-18)25(34)31(24(20)33)15-17-7-9-28-10-8-17/h3-10,13-14H,2,11-12,15H2,1H3. The van der Waals surface area contributed by atoms with Crippen molar-refractivity contribution in [3.63, 3.8) is 0 Å². The zero-order valence-electron chi connectivity index (χ0n) is 18.9. The van der Waals surface area contributed by atoms with E-state index in [-0.39, 0.29) is 23.9 Å². The van der Waals surface area contributed by atoms with Gasteiger partial charge in [-0.15, -0.1) is 0 Å². The lowest BCUT2D eigenvalue weighted by atomic mass is 10.0. The number of halogens is 1. The van der Waals surface area contributed by atoms with Crippen LogP contribution in [0.15, 0.2) is 65.9 Å². The Bertz CT molecular complexity index is 1380. The molecule has 3 heterocycles. The van der Waals surface area contributed by atoms with Crippen LogP contribution in [0.1, 0.15) is 48.6 Å². The fraction of sp³-hybridized carbons (Fsp3) is 0.192. The summed E-state index contributed by atoms with van der Waals surface area (Å²) in [6.45, 7) is 2.59. The number of aromatic nitrogens is 1.